The lowest BCUT2D eigenvalue weighted by Gasteiger charge is -2.31. The van der Waals surface area contributed by atoms with Crippen molar-refractivity contribution in [2.75, 3.05) is 5.75 Å². The molecule has 0 aromatic heterocycles. The van der Waals surface area contributed by atoms with Crippen LogP contribution in [0.15, 0.2) is 29.2 Å². The molecule has 2 heteroatoms. The minimum Gasteiger partial charge on any atom is -0.307 e. The van der Waals surface area contributed by atoms with E-state index in [1.165, 1.54) is 41.9 Å². The van der Waals surface area contributed by atoms with Gasteiger partial charge in [0.15, 0.2) is 0 Å². The van der Waals surface area contributed by atoms with Gasteiger partial charge in [0.2, 0.25) is 0 Å². The monoisotopic (exact) mass is 275 g/mol. The molecule has 0 saturated heterocycles. The Morgan fingerprint density at radius 2 is 2.05 bits per heavy atom. The fourth-order valence-electron chi connectivity index (χ4n) is 3.83. The average molecular weight is 275 g/mol. The molecule has 4 atom stereocenters. The summed E-state index contributed by atoms with van der Waals surface area (Å²) < 4.78 is 0. The molecule has 0 radical (unpaired) electrons. The van der Waals surface area contributed by atoms with Gasteiger partial charge in [-0.3, -0.25) is 0 Å². The summed E-state index contributed by atoms with van der Waals surface area (Å²) in [7, 11) is 0. The third kappa shape index (κ3) is 2.71. The number of hydrogen-bond donors (Lipinski definition) is 1. The SMILES string of the molecule is CCC1CCC(NC2CCSc3ccccc32)C1C. The highest BCUT2D eigenvalue weighted by molar-refractivity contribution is 7.99. The van der Waals surface area contributed by atoms with E-state index in [2.05, 4.69) is 43.4 Å². The van der Waals surface area contributed by atoms with Gasteiger partial charge in [0.1, 0.15) is 0 Å². The van der Waals surface area contributed by atoms with Crippen LogP contribution in [-0.4, -0.2) is 11.8 Å². The topological polar surface area (TPSA) is 12.0 Å². The molecule has 2 aliphatic rings. The van der Waals surface area contributed by atoms with E-state index in [9.17, 15) is 0 Å². The number of hydrogen-bond acceptors (Lipinski definition) is 2. The predicted octanol–water partition coefficient (Wildman–Crippen LogP) is 4.64. The molecule has 0 bridgehead atoms. The number of fused-ring (bicyclic) bond motifs is 1. The lowest BCUT2D eigenvalue weighted by atomic mass is 9.92. The number of rotatable bonds is 3. The highest BCUT2D eigenvalue weighted by Crippen LogP contribution is 2.39. The first-order valence-electron chi connectivity index (χ1n) is 7.77. The van der Waals surface area contributed by atoms with Crippen LogP contribution in [0.25, 0.3) is 0 Å². The fourth-order valence-corrected chi connectivity index (χ4v) is 4.96. The zero-order valence-corrected chi connectivity index (χ0v) is 12.9. The molecule has 1 N–H and O–H groups in total. The second-order valence-electron chi connectivity index (χ2n) is 6.11. The summed E-state index contributed by atoms with van der Waals surface area (Å²) in [5.41, 5.74) is 1.53. The maximum Gasteiger partial charge on any atom is 0.0341 e. The molecule has 3 rings (SSSR count). The molecule has 19 heavy (non-hydrogen) atoms. The number of nitrogens with one attached hydrogen (secondary N) is 1. The second kappa shape index (κ2) is 5.88. The summed E-state index contributed by atoms with van der Waals surface area (Å²) in [6.07, 6.45) is 5.40. The van der Waals surface area contributed by atoms with E-state index in [0.717, 1.165) is 17.9 Å². The van der Waals surface area contributed by atoms with Crippen LogP contribution in [0, 0.1) is 11.8 Å². The quantitative estimate of drug-likeness (QED) is 0.862. The Hall–Kier alpha value is -0.470. The van der Waals surface area contributed by atoms with E-state index in [1.54, 1.807) is 0 Å². The highest BCUT2D eigenvalue weighted by atomic mass is 32.2. The minimum atomic E-state index is 0.584. The third-order valence-corrected chi connectivity index (χ3v) is 6.25. The number of benzene rings is 1. The van der Waals surface area contributed by atoms with Gasteiger partial charge < -0.3 is 5.32 Å². The Kier molecular flexibility index (Phi) is 4.18. The van der Waals surface area contributed by atoms with E-state index in [1.807, 2.05) is 11.8 Å². The number of thioether (sulfide) groups is 1. The van der Waals surface area contributed by atoms with Crippen molar-refractivity contribution < 1.29 is 0 Å². The van der Waals surface area contributed by atoms with Crippen molar-refractivity contribution in [3.05, 3.63) is 29.8 Å². The first-order valence-corrected chi connectivity index (χ1v) is 8.76. The van der Waals surface area contributed by atoms with Gasteiger partial charge in [-0.25, -0.2) is 0 Å². The molecule has 0 amide bonds. The highest BCUT2D eigenvalue weighted by Gasteiger charge is 2.33. The van der Waals surface area contributed by atoms with Crippen LogP contribution in [0.5, 0.6) is 0 Å². The van der Waals surface area contributed by atoms with E-state index < -0.39 is 0 Å². The molecule has 1 saturated carbocycles. The largest absolute Gasteiger partial charge is 0.307 e. The van der Waals surface area contributed by atoms with Crippen LogP contribution < -0.4 is 5.32 Å². The second-order valence-corrected chi connectivity index (χ2v) is 7.24. The van der Waals surface area contributed by atoms with Gasteiger partial charge in [-0.15, -0.1) is 11.8 Å². The van der Waals surface area contributed by atoms with Crippen molar-refractivity contribution in [3.8, 4) is 0 Å². The van der Waals surface area contributed by atoms with Crippen LogP contribution in [0.2, 0.25) is 0 Å². The molecular weight excluding hydrogens is 250 g/mol. The molecule has 1 nitrogen and oxygen atoms in total. The van der Waals surface area contributed by atoms with Crippen LogP contribution >= 0.6 is 11.8 Å². The summed E-state index contributed by atoms with van der Waals surface area (Å²) in [6.45, 7) is 4.79. The van der Waals surface area contributed by atoms with Gasteiger partial charge in [0, 0.05) is 17.0 Å². The van der Waals surface area contributed by atoms with Crippen molar-refractivity contribution in [1.82, 2.24) is 5.32 Å². The molecule has 1 aliphatic heterocycles. The lowest BCUT2D eigenvalue weighted by molar-refractivity contribution is 0.317. The van der Waals surface area contributed by atoms with Gasteiger partial charge >= 0.3 is 0 Å². The van der Waals surface area contributed by atoms with Crippen molar-refractivity contribution >= 4 is 11.8 Å². The summed E-state index contributed by atoms with van der Waals surface area (Å²) in [5, 5.41) is 3.97. The Bertz CT molecular complexity index is 431. The fraction of sp³-hybridized carbons (Fsp3) is 0.647. The third-order valence-electron chi connectivity index (χ3n) is 5.12. The van der Waals surface area contributed by atoms with Gasteiger partial charge in [0.05, 0.1) is 0 Å². The summed E-state index contributed by atoms with van der Waals surface area (Å²) in [4.78, 5) is 1.49. The zero-order valence-electron chi connectivity index (χ0n) is 12.1. The van der Waals surface area contributed by atoms with Gasteiger partial charge in [-0.05, 0) is 48.5 Å². The van der Waals surface area contributed by atoms with Gasteiger partial charge in [-0.1, -0.05) is 38.5 Å². The van der Waals surface area contributed by atoms with Crippen LogP contribution in [-0.2, 0) is 0 Å². The normalized spacial score (nSPS) is 34.2. The molecule has 1 fully saturated rings. The van der Waals surface area contributed by atoms with Crippen LogP contribution in [0.3, 0.4) is 0 Å². The molecule has 1 heterocycles. The molecule has 0 spiro atoms. The van der Waals surface area contributed by atoms with Crippen LogP contribution in [0.4, 0.5) is 0 Å². The van der Waals surface area contributed by atoms with Crippen molar-refractivity contribution in [2.45, 2.75) is 56.5 Å². The van der Waals surface area contributed by atoms with E-state index in [-0.39, 0.29) is 0 Å². The van der Waals surface area contributed by atoms with Gasteiger partial charge in [-0.2, -0.15) is 0 Å². The predicted molar refractivity (Wildman–Crippen MR) is 83.6 cm³/mol. The Morgan fingerprint density at radius 3 is 2.84 bits per heavy atom. The Labute approximate surface area is 121 Å². The van der Waals surface area contributed by atoms with Crippen molar-refractivity contribution in [3.63, 3.8) is 0 Å². The standard InChI is InChI=1S/C17H25NS/c1-3-13-8-9-15(12(13)2)18-16-10-11-19-17-7-5-4-6-14(16)17/h4-7,12-13,15-16,18H,3,8-11H2,1-2H3. The summed E-state index contributed by atoms with van der Waals surface area (Å²) >= 11 is 2.02. The Morgan fingerprint density at radius 1 is 1.21 bits per heavy atom. The summed E-state index contributed by atoms with van der Waals surface area (Å²) in [5.74, 6) is 3.03. The maximum atomic E-state index is 3.97. The van der Waals surface area contributed by atoms with Crippen LogP contribution in [0.1, 0.15) is 51.1 Å². The molecular formula is C17H25NS. The zero-order chi connectivity index (χ0) is 13.2. The Balaban J connectivity index is 1.71. The van der Waals surface area contributed by atoms with E-state index >= 15 is 0 Å². The van der Waals surface area contributed by atoms with E-state index in [4.69, 9.17) is 0 Å². The average Bonchev–Trinajstić information content (AvgIpc) is 2.80. The smallest absolute Gasteiger partial charge is 0.0341 e. The van der Waals surface area contributed by atoms with Crippen molar-refractivity contribution in [2.24, 2.45) is 11.8 Å². The lowest BCUT2D eigenvalue weighted by Crippen LogP contribution is -2.37. The molecule has 1 aromatic rings. The van der Waals surface area contributed by atoms with E-state index in [0.29, 0.717) is 6.04 Å². The first kappa shape index (κ1) is 13.5. The minimum absolute atomic E-state index is 0.584. The van der Waals surface area contributed by atoms with Crippen molar-refractivity contribution in [1.29, 1.82) is 0 Å². The molecule has 1 aromatic carbocycles. The summed E-state index contributed by atoms with van der Waals surface area (Å²) in [6, 6.07) is 10.3. The first-order chi connectivity index (χ1) is 9.29. The molecule has 1 aliphatic carbocycles. The molecule has 104 valence electrons. The maximum absolute atomic E-state index is 3.97. The van der Waals surface area contributed by atoms with Gasteiger partial charge in [0.25, 0.3) is 0 Å². The molecule has 4 unspecified atom stereocenters.